The van der Waals surface area contributed by atoms with Crippen molar-refractivity contribution < 1.29 is 0 Å². The fourth-order valence-corrected chi connectivity index (χ4v) is 2.90. The van der Waals surface area contributed by atoms with Crippen molar-refractivity contribution in [2.24, 2.45) is 10.9 Å². The third-order valence-electron chi connectivity index (χ3n) is 4.33. The first-order valence-electron chi connectivity index (χ1n) is 7.43. The van der Waals surface area contributed by atoms with Crippen LogP contribution in [0.2, 0.25) is 0 Å². The van der Waals surface area contributed by atoms with E-state index in [4.69, 9.17) is 4.99 Å². The lowest BCUT2D eigenvalue weighted by atomic mass is 10.0. The van der Waals surface area contributed by atoms with Crippen LogP contribution < -0.4 is 0 Å². The second kappa shape index (κ2) is 5.24. The highest BCUT2D eigenvalue weighted by Crippen LogP contribution is 2.49. The fraction of sp³-hybridized carbons (Fsp3) is 0.316. The van der Waals surface area contributed by atoms with Gasteiger partial charge in [0.15, 0.2) is 0 Å². The van der Waals surface area contributed by atoms with E-state index in [1.807, 2.05) is 0 Å². The smallest absolute Gasteiger partial charge is 0.0725 e. The number of hydrogen-bond donors (Lipinski definition) is 0. The summed E-state index contributed by atoms with van der Waals surface area (Å²) < 4.78 is 0. The minimum Gasteiger partial charge on any atom is -0.277 e. The van der Waals surface area contributed by atoms with E-state index in [9.17, 15) is 0 Å². The maximum Gasteiger partial charge on any atom is 0.0725 e. The lowest BCUT2D eigenvalue weighted by molar-refractivity contribution is 0.635. The molecule has 1 fully saturated rings. The summed E-state index contributed by atoms with van der Waals surface area (Å²) in [6, 6.07) is 21.1. The van der Waals surface area contributed by atoms with Crippen molar-refractivity contribution in [2.45, 2.75) is 32.2 Å². The fourth-order valence-electron chi connectivity index (χ4n) is 2.90. The second-order valence-electron chi connectivity index (χ2n) is 5.86. The van der Waals surface area contributed by atoms with Gasteiger partial charge in [0.25, 0.3) is 0 Å². The highest BCUT2D eigenvalue weighted by Gasteiger charge is 2.48. The summed E-state index contributed by atoms with van der Waals surface area (Å²) in [7, 11) is 0. The molecule has 0 aromatic heterocycles. The standard InChI is InChI=1S/C19H21N/c1-3-17-14-19(17,2)20-18(15-10-6-4-7-11-15)16-12-8-5-9-13-16/h4-13,17H,3,14H2,1-2H3. The van der Waals surface area contributed by atoms with E-state index in [1.54, 1.807) is 0 Å². The Balaban J connectivity index is 2.04. The molecule has 1 saturated carbocycles. The van der Waals surface area contributed by atoms with Crippen molar-refractivity contribution in [3.63, 3.8) is 0 Å². The Morgan fingerprint density at radius 1 is 1.00 bits per heavy atom. The molecule has 0 heterocycles. The number of rotatable bonds is 4. The van der Waals surface area contributed by atoms with Gasteiger partial charge in [-0.25, -0.2) is 0 Å². The summed E-state index contributed by atoms with van der Waals surface area (Å²) in [5, 5.41) is 0. The lowest BCUT2D eigenvalue weighted by Crippen LogP contribution is -2.11. The minimum absolute atomic E-state index is 0.135. The Labute approximate surface area is 121 Å². The van der Waals surface area contributed by atoms with Crippen molar-refractivity contribution >= 4 is 5.71 Å². The van der Waals surface area contributed by atoms with Crippen LogP contribution >= 0.6 is 0 Å². The first kappa shape index (κ1) is 13.1. The SMILES string of the molecule is CCC1CC1(C)N=C(c1ccccc1)c1ccccc1. The van der Waals surface area contributed by atoms with Crippen LogP contribution in [-0.2, 0) is 0 Å². The highest BCUT2D eigenvalue weighted by molar-refractivity contribution is 6.13. The van der Waals surface area contributed by atoms with Crippen LogP contribution in [0.3, 0.4) is 0 Å². The minimum atomic E-state index is 0.135. The van der Waals surface area contributed by atoms with Crippen LogP contribution in [0, 0.1) is 5.92 Å². The van der Waals surface area contributed by atoms with E-state index in [2.05, 4.69) is 74.5 Å². The zero-order valence-corrected chi connectivity index (χ0v) is 12.2. The molecule has 2 unspecified atom stereocenters. The summed E-state index contributed by atoms with van der Waals surface area (Å²) in [6.45, 7) is 4.54. The molecule has 2 aromatic carbocycles. The van der Waals surface area contributed by atoms with Crippen LogP contribution in [0.5, 0.6) is 0 Å². The molecule has 0 amide bonds. The molecule has 0 bridgehead atoms. The third-order valence-corrected chi connectivity index (χ3v) is 4.33. The predicted octanol–water partition coefficient (Wildman–Crippen LogP) is 4.71. The van der Waals surface area contributed by atoms with Gasteiger partial charge in [0.1, 0.15) is 0 Å². The first-order chi connectivity index (χ1) is 9.73. The average Bonchev–Trinajstić information content (AvgIpc) is 3.17. The molecule has 1 heteroatoms. The van der Waals surface area contributed by atoms with Gasteiger partial charge in [-0.15, -0.1) is 0 Å². The van der Waals surface area contributed by atoms with Gasteiger partial charge < -0.3 is 0 Å². The molecular formula is C19H21N. The van der Waals surface area contributed by atoms with Crippen LogP contribution in [0.1, 0.15) is 37.8 Å². The molecule has 2 atom stereocenters. The summed E-state index contributed by atoms with van der Waals surface area (Å²) in [5.74, 6) is 0.741. The van der Waals surface area contributed by atoms with Gasteiger partial charge in [-0.3, -0.25) is 4.99 Å². The largest absolute Gasteiger partial charge is 0.277 e. The summed E-state index contributed by atoms with van der Waals surface area (Å²) >= 11 is 0. The molecule has 0 spiro atoms. The normalized spacial score (nSPS) is 24.2. The molecule has 2 aromatic rings. The Hall–Kier alpha value is -1.89. The highest BCUT2D eigenvalue weighted by atomic mass is 14.9. The Morgan fingerprint density at radius 2 is 1.50 bits per heavy atom. The molecular weight excluding hydrogens is 242 g/mol. The summed E-state index contributed by atoms with van der Waals surface area (Å²) in [4.78, 5) is 5.13. The monoisotopic (exact) mass is 263 g/mol. The van der Waals surface area contributed by atoms with Crippen LogP contribution in [0.25, 0.3) is 0 Å². The number of nitrogens with zero attached hydrogens (tertiary/aromatic N) is 1. The molecule has 1 aliphatic carbocycles. The van der Waals surface area contributed by atoms with Crippen molar-refractivity contribution in [3.8, 4) is 0 Å². The predicted molar refractivity (Wildman–Crippen MR) is 85.3 cm³/mol. The molecule has 1 nitrogen and oxygen atoms in total. The quantitative estimate of drug-likeness (QED) is 0.708. The van der Waals surface area contributed by atoms with E-state index in [0.717, 1.165) is 11.6 Å². The maximum atomic E-state index is 5.13. The number of aliphatic imine (C=N–C) groups is 1. The van der Waals surface area contributed by atoms with Gasteiger partial charge in [-0.2, -0.15) is 0 Å². The topological polar surface area (TPSA) is 12.4 Å². The molecule has 0 N–H and O–H groups in total. The van der Waals surface area contributed by atoms with Crippen molar-refractivity contribution in [1.29, 1.82) is 0 Å². The molecule has 0 saturated heterocycles. The van der Waals surface area contributed by atoms with Crippen molar-refractivity contribution in [1.82, 2.24) is 0 Å². The van der Waals surface area contributed by atoms with E-state index in [-0.39, 0.29) is 5.54 Å². The van der Waals surface area contributed by atoms with Gasteiger partial charge in [-0.05, 0) is 19.3 Å². The van der Waals surface area contributed by atoms with E-state index in [1.165, 1.54) is 24.0 Å². The molecule has 102 valence electrons. The van der Waals surface area contributed by atoms with Crippen LogP contribution in [0.4, 0.5) is 0 Å². The van der Waals surface area contributed by atoms with E-state index >= 15 is 0 Å². The zero-order chi connectivity index (χ0) is 14.0. The Morgan fingerprint density at radius 3 is 1.90 bits per heavy atom. The van der Waals surface area contributed by atoms with Crippen LogP contribution in [0.15, 0.2) is 65.7 Å². The first-order valence-corrected chi connectivity index (χ1v) is 7.43. The molecule has 0 aliphatic heterocycles. The van der Waals surface area contributed by atoms with E-state index < -0.39 is 0 Å². The molecule has 20 heavy (non-hydrogen) atoms. The lowest BCUT2D eigenvalue weighted by Gasteiger charge is -2.12. The molecule has 1 aliphatic rings. The van der Waals surface area contributed by atoms with Gasteiger partial charge in [0.05, 0.1) is 11.3 Å². The van der Waals surface area contributed by atoms with Gasteiger partial charge >= 0.3 is 0 Å². The Bertz CT molecular complexity index is 559. The van der Waals surface area contributed by atoms with Gasteiger partial charge in [0.2, 0.25) is 0 Å². The van der Waals surface area contributed by atoms with E-state index in [0.29, 0.717) is 0 Å². The van der Waals surface area contributed by atoms with Crippen molar-refractivity contribution in [3.05, 3.63) is 71.8 Å². The van der Waals surface area contributed by atoms with Crippen molar-refractivity contribution in [2.75, 3.05) is 0 Å². The third kappa shape index (κ3) is 2.53. The number of hydrogen-bond acceptors (Lipinski definition) is 1. The maximum absolute atomic E-state index is 5.13. The summed E-state index contributed by atoms with van der Waals surface area (Å²) in [5.41, 5.74) is 3.68. The summed E-state index contributed by atoms with van der Waals surface area (Å²) in [6.07, 6.45) is 2.43. The zero-order valence-electron chi connectivity index (χ0n) is 12.2. The molecule has 3 rings (SSSR count). The number of benzene rings is 2. The van der Waals surface area contributed by atoms with Crippen LogP contribution in [-0.4, -0.2) is 11.3 Å². The second-order valence-corrected chi connectivity index (χ2v) is 5.86. The Kier molecular flexibility index (Phi) is 3.43. The van der Waals surface area contributed by atoms with Gasteiger partial charge in [-0.1, -0.05) is 74.0 Å². The average molecular weight is 263 g/mol. The van der Waals surface area contributed by atoms with Gasteiger partial charge in [0, 0.05) is 11.1 Å². The molecule has 0 radical (unpaired) electrons.